The van der Waals surface area contributed by atoms with Crippen molar-refractivity contribution in [1.82, 2.24) is 4.98 Å². The lowest BCUT2D eigenvalue weighted by molar-refractivity contribution is -0.118. The summed E-state index contributed by atoms with van der Waals surface area (Å²) in [4.78, 5) is 19.3. The van der Waals surface area contributed by atoms with Gasteiger partial charge in [-0.3, -0.25) is 14.7 Å². The summed E-state index contributed by atoms with van der Waals surface area (Å²) in [6.45, 7) is 5.42. The van der Waals surface area contributed by atoms with Gasteiger partial charge in [0.25, 0.3) is 0 Å². The monoisotopic (exact) mass is 560 g/mol. The molecule has 0 fully saturated rings. The lowest BCUT2D eigenvalue weighted by atomic mass is 9.86. The van der Waals surface area contributed by atoms with Crippen LogP contribution in [0.3, 0.4) is 0 Å². The second kappa shape index (κ2) is 10.9. The molecule has 0 bridgehead atoms. The van der Waals surface area contributed by atoms with Crippen LogP contribution in [0.1, 0.15) is 54.6 Å². The fourth-order valence-electron chi connectivity index (χ4n) is 5.13. The Kier molecular flexibility index (Phi) is 7.53. The summed E-state index contributed by atoms with van der Waals surface area (Å²) >= 11 is 6.19. The Morgan fingerprint density at radius 1 is 1.07 bits per heavy atom. The quantitative estimate of drug-likeness (QED) is 0.275. The van der Waals surface area contributed by atoms with E-state index in [1.165, 1.54) is 17.0 Å². The van der Waals surface area contributed by atoms with Gasteiger partial charge < -0.3 is 14.6 Å². The summed E-state index contributed by atoms with van der Waals surface area (Å²) in [5.41, 5.74) is 1.80. The minimum absolute atomic E-state index is 0.0479. The van der Waals surface area contributed by atoms with E-state index in [-0.39, 0.29) is 24.1 Å². The second-order valence-electron chi connectivity index (χ2n) is 10.2. The number of carbonyl (C=O) groups excluding carboxylic acids is 1. The van der Waals surface area contributed by atoms with Crippen molar-refractivity contribution < 1.29 is 23.8 Å². The number of methoxy groups -OCH3 is 1. The van der Waals surface area contributed by atoms with Gasteiger partial charge in [-0.15, -0.1) is 0 Å². The molecule has 0 aliphatic carbocycles. The molecular formula is C32H30ClFN2O4. The first kappa shape index (κ1) is 27.6. The van der Waals surface area contributed by atoms with Crippen LogP contribution in [0.5, 0.6) is 11.5 Å². The van der Waals surface area contributed by atoms with Gasteiger partial charge in [0.2, 0.25) is 5.91 Å². The van der Waals surface area contributed by atoms with Gasteiger partial charge in [-0.1, -0.05) is 35.9 Å². The van der Waals surface area contributed by atoms with Crippen LogP contribution in [0, 0.1) is 5.82 Å². The van der Waals surface area contributed by atoms with E-state index in [0.717, 1.165) is 16.7 Å². The van der Waals surface area contributed by atoms with E-state index in [1.807, 2.05) is 38.1 Å². The molecule has 5 rings (SSSR count). The summed E-state index contributed by atoms with van der Waals surface area (Å²) < 4.78 is 27.6. The molecule has 0 saturated carbocycles. The second-order valence-corrected chi connectivity index (χ2v) is 10.7. The van der Waals surface area contributed by atoms with E-state index in [0.29, 0.717) is 27.6 Å². The maximum atomic E-state index is 16.0. The highest BCUT2D eigenvalue weighted by molar-refractivity contribution is 6.30. The number of ether oxygens (including phenoxy) is 2. The summed E-state index contributed by atoms with van der Waals surface area (Å²) in [6.07, 6.45) is 3.08. The summed E-state index contributed by atoms with van der Waals surface area (Å²) in [5.74, 6) is 0.145. The third-order valence-electron chi connectivity index (χ3n) is 7.13. The van der Waals surface area contributed by atoms with Gasteiger partial charge in [-0.05, 0) is 85.5 Å². The lowest BCUT2D eigenvalue weighted by Crippen LogP contribution is -2.41. The van der Waals surface area contributed by atoms with Crippen LogP contribution in [0.2, 0.25) is 5.02 Å². The van der Waals surface area contributed by atoms with Crippen LogP contribution in [0.15, 0.2) is 79.1 Å². The van der Waals surface area contributed by atoms with Crippen LogP contribution in [0.25, 0.3) is 0 Å². The third kappa shape index (κ3) is 5.15. The number of benzene rings is 3. The number of fused-ring (bicyclic) bond motifs is 1. The van der Waals surface area contributed by atoms with Crippen molar-refractivity contribution in [2.45, 2.75) is 44.9 Å². The van der Waals surface area contributed by atoms with Crippen molar-refractivity contribution in [3.63, 3.8) is 0 Å². The molecule has 0 spiro atoms. The van der Waals surface area contributed by atoms with Crippen LogP contribution >= 0.6 is 11.6 Å². The first-order chi connectivity index (χ1) is 19.1. The van der Waals surface area contributed by atoms with Crippen LogP contribution in [0.4, 0.5) is 10.1 Å². The van der Waals surface area contributed by atoms with Gasteiger partial charge in [0, 0.05) is 23.0 Å². The number of carbonyl (C=O) groups is 1. The van der Waals surface area contributed by atoms with Crippen molar-refractivity contribution in [3.05, 3.63) is 118 Å². The number of rotatable bonds is 7. The maximum Gasteiger partial charge on any atom is 0.232 e. The predicted octanol–water partition coefficient (Wildman–Crippen LogP) is 6.60. The van der Waals surface area contributed by atoms with Gasteiger partial charge in [-0.2, -0.15) is 0 Å². The third-order valence-corrected chi connectivity index (χ3v) is 7.38. The zero-order valence-corrected chi connectivity index (χ0v) is 23.4. The molecule has 206 valence electrons. The molecule has 2 atom stereocenters. The minimum Gasteiger partial charge on any atom is -0.493 e. The summed E-state index contributed by atoms with van der Waals surface area (Å²) in [6, 6.07) is 18.0. The summed E-state index contributed by atoms with van der Waals surface area (Å²) in [7, 11) is 1.56. The lowest BCUT2D eigenvalue weighted by Gasteiger charge is -2.38. The molecule has 0 saturated heterocycles. The Hall–Kier alpha value is -3.94. The summed E-state index contributed by atoms with van der Waals surface area (Å²) in [5, 5.41) is 11.8. The highest BCUT2D eigenvalue weighted by Gasteiger charge is 2.38. The number of hydrogen-bond donors (Lipinski definition) is 1. The number of aliphatic hydroxyl groups is 1. The highest BCUT2D eigenvalue weighted by Crippen LogP contribution is 2.45. The molecule has 8 heteroatoms. The van der Waals surface area contributed by atoms with E-state index < -0.39 is 17.5 Å². The van der Waals surface area contributed by atoms with Crippen molar-refractivity contribution in [3.8, 4) is 11.5 Å². The van der Waals surface area contributed by atoms with Crippen molar-refractivity contribution >= 4 is 23.2 Å². The van der Waals surface area contributed by atoms with Gasteiger partial charge in [0.1, 0.15) is 11.4 Å². The van der Waals surface area contributed by atoms with E-state index in [2.05, 4.69) is 4.98 Å². The molecule has 2 heterocycles. The standard InChI is InChI=1S/C32H30ClFN2O4/c1-19(2)40-29-17-25-21(14-28(29)39-4)15-30(37)36(31(25)20-7-10-24(33)11-8-20)27-12-9-22(16-26(27)34)32(3,38)23-6-5-13-35-18-23/h5-14,16-19,31,38H,15H2,1-4H3/t31?,32-/m0/s1. The Balaban J connectivity index is 1.65. The van der Waals surface area contributed by atoms with Crippen LogP contribution in [-0.4, -0.2) is 29.2 Å². The average Bonchev–Trinajstić information content (AvgIpc) is 2.93. The Bertz CT molecular complexity index is 1540. The molecule has 6 nitrogen and oxygen atoms in total. The molecule has 40 heavy (non-hydrogen) atoms. The SMILES string of the molecule is COc1cc2c(cc1OC(C)C)C(c1ccc(Cl)cc1)N(c1ccc([C@](C)(O)c3cccnc3)cc1F)C(=O)C2. The van der Waals surface area contributed by atoms with Crippen molar-refractivity contribution in [2.24, 2.45) is 0 Å². The average molecular weight is 561 g/mol. The van der Waals surface area contributed by atoms with Gasteiger partial charge in [0.15, 0.2) is 11.5 Å². The fraction of sp³-hybridized carbons (Fsp3) is 0.250. The van der Waals surface area contributed by atoms with E-state index in [9.17, 15) is 9.90 Å². The zero-order valence-electron chi connectivity index (χ0n) is 22.7. The number of amides is 1. The molecule has 1 aliphatic heterocycles. The Morgan fingerprint density at radius 2 is 1.82 bits per heavy atom. The molecule has 1 N–H and O–H groups in total. The number of nitrogens with zero attached hydrogens (tertiary/aromatic N) is 2. The van der Waals surface area contributed by atoms with Crippen LogP contribution in [-0.2, 0) is 16.8 Å². The van der Waals surface area contributed by atoms with E-state index in [1.54, 1.807) is 56.8 Å². The smallest absolute Gasteiger partial charge is 0.232 e. The molecule has 1 amide bonds. The first-order valence-corrected chi connectivity index (χ1v) is 13.4. The van der Waals surface area contributed by atoms with E-state index >= 15 is 4.39 Å². The minimum atomic E-state index is -1.48. The Labute approximate surface area is 238 Å². The molecule has 0 radical (unpaired) electrons. The first-order valence-electron chi connectivity index (χ1n) is 13.0. The largest absolute Gasteiger partial charge is 0.493 e. The maximum absolute atomic E-state index is 16.0. The normalized spacial score (nSPS) is 16.4. The highest BCUT2D eigenvalue weighted by atomic mass is 35.5. The fourth-order valence-corrected chi connectivity index (χ4v) is 5.26. The van der Waals surface area contributed by atoms with Gasteiger partial charge in [-0.25, -0.2) is 4.39 Å². The molecule has 1 aromatic heterocycles. The number of hydrogen-bond acceptors (Lipinski definition) is 5. The van der Waals surface area contributed by atoms with Crippen molar-refractivity contribution in [2.75, 3.05) is 12.0 Å². The Morgan fingerprint density at radius 3 is 2.45 bits per heavy atom. The predicted molar refractivity (Wildman–Crippen MR) is 153 cm³/mol. The number of pyridine rings is 1. The number of anilines is 1. The van der Waals surface area contributed by atoms with Gasteiger partial charge in [0.05, 0.1) is 31.4 Å². The molecule has 4 aromatic rings. The zero-order chi connectivity index (χ0) is 28.6. The molecule has 1 aliphatic rings. The number of aromatic nitrogens is 1. The number of halogens is 2. The molecule has 1 unspecified atom stereocenters. The molecular weight excluding hydrogens is 531 g/mol. The molecule has 3 aromatic carbocycles. The van der Waals surface area contributed by atoms with E-state index in [4.69, 9.17) is 21.1 Å². The van der Waals surface area contributed by atoms with Crippen LogP contribution < -0.4 is 14.4 Å². The van der Waals surface area contributed by atoms with Crippen molar-refractivity contribution in [1.29, 1.82) is 0 Å². The van der Waals surface area contributed by atoms with Gasteiger partial charge >= 0.3 is 0 Å². The topological polar surface area (TPSA) is 71.9 Å².